The summed E-state index contributed by atoms with van der Waals surface area (Å²) < 4.78 is 13.3. The van der Waals surface area contributed by atoms with Crippen molar-refractivity contribution in [3.63, 3.8) is 0 Å². The van der Waals surface area contributed by atoms with Gasteiger partial charge in [0.2, 0.25) is 0 Å². The standard InChI is InChI=1S/C13H16FN3/c1-10-8-16-2-3-17(10)9-12-4-11(7-15)5-13(14)6-12/h4-6,10,16H,2-3,8-9H2,1H3/t10-/m0/s1. The second kappa shape index (κ2) is 5.26. The minimum Gasteiger partial charge on any atom is -0.314 e. The molecular weight excluding hydrogens is 217 g/mol. The van der Waals surface area contributed by atoms with E-state index in [1.807, 2.05) is 6.07 Å². The Balaban J connectivity index is 2.12. The molecule has 0 saturated carbocycles. The first kappa shape index (κ1) is 12.0. The molecule has 0 radical (unpaired) electrons. The monoisotopic (exact) mass is 233 g/mol. The number of hydrogen-bond acceptors (Lipinski definition) is 3. The lowest BCUT2D eigenvalue weighted by atomic mass is 10.1. The fourth-order valence-corrected chi connectivity index (χ4v) is 2.16. The molecule has 0 spiro atoms. The Bertz CT molecular complexity index is 439. The maximum Gasteiger partial charge on any atom is 0.124 e. The molecule has 4 heteroatoms. The molecule has 0 bridgehead atoms. The average Bonchev–Trinajstić information content (AvgIpc) is 2.31. The number of nitrogens with zero attached hydrogens (tertiary/aromatic N) is 2. The topological polar surface area (TPSA) is 39.1 Å². The van der Waals surface area contributed by atoms with E-state index in [0.29, 0.717) is 18.2 Å². The van der Waals surface area contributed by atoms with E-state index in [-0.39, 0.29) is 5.82 Å². The van der Waals surface area contributed by atoms with Crippen molar-refractivity contribution in [3.8, 4) is 6.07 Å². The van der Waals surface area contributed by atoms with Crippen molar-refractivity contribution in [1.82, 2.24) is 10.2 Å². The van der Waals surface area contributed by atoms with Crippen LogP contribution in [-0.2, 0) is 6.54 Å². The summed E-state index contributed by atoms with van der Waals surface area (Å²) in [5.74, 6) is -0.332. The highest BCUT2D eigenvalue weighted by atomic mass is 19.1. The summed E-state index contributed by atoms with van der Waals surface area (Å²) in [6.07, 6.45) is 0. The molecule has 0 aromatic heterocycles. The Kier molecular flexibility index (Phi) is 3.72. The van der Waals surface area contributed by atoms with Crippen LogP contribution < -0.4 is 5.32 Å². The lowest BCUT2D eigenvalue weighted by Crippen LogP contribution is -2.49. The third-order valence-corrected chi connectivity index (χ3v) is 3.11. The molecule has 1 fully saturated rings. The van der Waals surface area contributed by atoms with Crippen molar-refractivity contribution < 1.29 is 4.39 Å². The summed E-state index contributed by atoms with van der Waals surface area (Å²) >= 11 is 0. The summed E-state index contributed by atoms with van der Waals surface area (Å²) in [6, 6.07) is 6.97. The first-order valence-electron chi connectivity index (χ1n) is 5.83. The molecule has 2 rings (SSSR count). The van der Waals surface area contributed by atoms with Gasteiger partial charge in [-0.3, -0.25) is 4.90 Å². The van der Waals surface area contributed by atoms with E-state index >= 15 is 0 Å². The van der Waals surface area contributed by atoms with Crippen LogP contribution in [0.15, 0.2) is 18.2 Å². The predicted molar refractivity (Wildman–Crippen MR) is 63.9 cm³/mol. The van der Waals surface area contributed by atoms with E-state index in [4.69, 9.17) is 5.26 Å². The van der Waals surface area contributed by atoms with E-state index < -0.39 is 0 Å². The molecule has 17 heavy (non-hydrogen) atoms. The number of hydrogen-bond donors (Lipinski definition) is 1. The quantitative estimate of drug-likeness (QED) is 0.841. The molecule has 3 nitrogen and oxygen atoms in total. The molecule has 1 atom stereocenters. The lowest BCUT2D eigenvalue weighted by molar-refractivity contribution is 0.165. The van der Waals surface area contributed by atoms with Gasteiger partial charge in [-0.2, -0.15) is 5.26 Å². The first-order chi connectivity index (χ1) is 8.19. The van der Waals surface area contributed by atoms with Crippen molar-refractivity contribution in [2.45, 2.75) is 19.5 Å². The van der Waals surface area contributed by atoms with Crippen LogP contribution in [0.2, 0.25) is 0 Å². The molecule has 1 N–H and O–H groups in total. The Morgan fingerprint density at radius 2 is 2.35 bits per heavy atom. The molecule has 1 aromatic carbocycles. The molecule has 0 amide bonds. The van der Waals surface area contributed by atoms with Crippen LogP contribution in [0.1, 0.15) is 18.1 Å². The van der Waals surface area contributed by atoms with E-state index in [1.165, 1.54) is 12.1 Å². The number of halogens is 1. The largest absolute Gasteiger partial charge is 0.314 e. The van der Waals surface area contributed by atoms with Crippen LogP contribution in [0.5, 0.6) is 0 Å². The van der Waals surface area contributed by atoms with Gasteiger partial charge >= 0.3 is 0 Å². The minimum atomic E-state index is -0.332. The molecule has 1 saturated heterocycles. The summed E-state index contributed by atoms with van der Waals surface area (Å²) in [5, 5.41) is 12.1. The van der Waals surface area contributed by atoms with Crippen LogP contribution in [0.4, 0.5) is 4.39 Å². The number of nitriles is 1. The summed E-state index contributed by atoms with van der Waals surface area (Å²) in [4.78, 5) is 2.30. The highest BCUT2D eigenvalue weighted by molar-refractivity contribution is 5.33. The van der Waals surface area contributed by atoms with E-state index in [9.17, 15) is 4.39 Å². The molecule has 0 aliphatic carbocycles. The highest BCUT2D eigenvalue weighted by Crippen LogP contribution is 2.13. The maximum atomic E-state index is 13.3. The van der Waals surface area contributed by atoms with Gasteiger partial charge in [0.05, 0.1) is 11.6 Å². The van der Waals surface area contributed by atoms with Crippen molar-refractivity contribution in [2.75, 3.05) is 19.6 Å². The van der Waals surface area contributed by atoms with Gasteiger partial charge in [-0.05, 0) is 30.7 Å². The van der Waals surface area contributed by atoms with E-state index in [0.717, 1.165) is 25.2 Å². The van der Waals surface area contributed by atoms with Gasteiger partial charge < -0.3 is 5.32 Å². The predicted octanol–water partition coefficient (Wildman–Crippen LogP) is 1.49. The number of benzene rings is 1. The van der Waals surface area contributed by atoms with Crippen LogP contribution in [-0.4, -0.2) is 30.6 Å². The molecule has 0 unspecified atom stereocenters. The second-order valence-corrected chi connectivity index (χ2v) is 4.48. The average molecular weight is 233 g/mol. The van der Waals surface area contributed by atoms with Gasteiger partial charge in [0, 0.05) is 32.2 Å². The van der Waals surface area contributed by atoms with Gasteiger partial charge in [-0.15, -0.1) is 0 Å². The second-order valence-electron chi connectivity index (χ2n) is 4.48. The zero-order valence-corrected chi connectivity index (χ0v) is 9.91. The lowest BCUT2D eigenvalue weighted by Gasteiger charge is -2.33. The number of rotatable bonds is 2. The van der Waals surface area contributed by atoms with Crippen LogP contribution in [0.3, 0.4) is 0 Å². The van der Waals surface area contributed by atoms with Gasteiger partial charge in [0.1, 0.15) is 5.82 Å². The zero-order valence-electron chi connectivity index (χ0n) is 9.91. The van der Waals surface area contributed by atoms with Gasteiger partial charge in [0.15, 0.2) is 0 Å². The van der Waals surface area contributed by atoms with Crippen molar-refractivity contribution in [1.29, 1.82) is 5.26 Å². The molecule has 1 heterocycles. The Morgan fingerprint density at radius 1 is 1.53 bits per heavy atom. The molecule has 90 valence electrons. The Morgan fingerprint density at radius 3 is 3.06 bits per heavy atom. The Hall–Kier alpha value is -1.44. The normalized spacial score (nSPS) is 21.1. The first-order valence-corrected chi connectivity index (χ1v) is 5.83. The SMILES string of the molecule is C[C@H]1CNCCN1Cc1cc(F)cc(C#N)c1. The van der Waals surface area contributed by atoms with E-state index in [1.54, 1.807) is 6.07 Å². The molecule has 1 aromatic rings. The van der Waals surface area contributed by atoms with Crippen LogP contribution >= 0.6 is 0 Å². The highest BCUT2D eigenvalue weighted by Gasteiger charge is 2.18. The molecular formula is C13H16FN3. The van der Waals surface area contributed by atoms with Gasteiger partial charge in [-0.25, -0.2) is 4.39 Å². The van der Waals surface area contributed by atoms with Crippen molar-refractivity contribution in [3.05, 3.63) is 35.1 Å². The summed E-state index contributed by atoms with van der Waals surface area (Å²) in [7, 11) is 0. The van der Waals surface area contributed by atoms with Crippen molar-refractivity contribution >= 4 is 0 Å². The van der Waals surface area contributed by atoms with E-state index in [2.05, 4.69) is 17.1 Å². The van der Waals surface area contributed by atoms with Crippen molar-refractivity contribution in [2.24, 2.45) is 0 Å². The molecule has 1 aliphatic heterocycles. The van der Waals surface area contributed by atoms with Gasteiger partial charge in [-0.1, -0.05) is 0 Å². The molecule has 1 aliphatic rings. The summed E-state index contributed by atoms with van der Waals surface area (Å²) in [6.45, 7) is 5.73. The number of nitrogens with one attached hydrogen (secondary N) is 1. The smallest absolute Gasteiger partial charge is 0.124 e. The van der Waals surface area contributed by atoms with Crippen LogP contribution in [0, 0.1) is 17.1 Å². The Labute approximate surface area is 101 Å². The van der Waals surface area contributed by atoms with Crippen LogP contribution in [0.25, 0.3) is 0 Å². The maximum absolute atomic E-state index is 13.3. The van der Waals surface area contributed by atoms with Gasteiger partial charge in [0.25, 0.3) is 0 Å². The fraction of sp³-hybridized carbons (Fsp3) is 0.462. The fourth-order valence-electron chi connectivity index (χ4n) is 2.16. The third kappa shape index (κ3) is 3.02. The third-order valence-electron chi connectivity index (χ3n) is 3.11. The number of piperazine rings is 1. The summed E-state index contributed by atoms with van der Waals surface area (Å²) in [5.41, 5.74) is 1.26. The zero-order chi connectivity index (χ0) is 12.3. The minimum absolute atomic E-state index is 0.332.